The molecule has 0 aromatic heterocycles. The van der Waals surface area contributed by atoms with Crippen LogP contribution >= 0.6 is 0 Å². The highest BCUT2D eigenvalue weighted by molar-refractivity contribution is 7.03. The van der Waals surface area contributed by atoms with Crippen molar-refractivity contribution in [3.8, 4) is 0 Å². The van der Waals surface area contributed by atoms with Gasteiger partial charge in [-0.05, 0) is 20.7 Å². The van der Waals surface area contributed by atoms with Crippen LogP contribution in [0.3, 0.4) is 0 Å². The van der Waals surface area contributed by atoms with Crippen molar-refractivity contribution in [1.82, 2.24) is 0 Å². The molecule has 0 atom stereocenters. The van der Waals surface area contributed by atoms with E-state index in [1.165, 1.54) is 0 Å². The van der Waals surface area contributed by atoms with Crippen LogP contribution in [0.25, 0.3) is 0 Å². The maximum atomic E-state index is 12.0. The van der Waals surface area contributed by atoms with E-state index in [4.69, 9.17) is 4.12 Å². The van der Waals surface area contributed by atoms with Gasteiger partial charge in [0.05, 0.1) is 0 Å². The zero-order valence-corrected chi connectivity index (χ0v) is 17.8. The van der Waals surface area contributed by atoms with Crippen LogP contribution in [-0.4, -0.2) is 26.7 Å². The fourth-order valence-electron chi connectivity index (χ4n) is 3.44. The molecule has 144 valence electrons. The van der Waals surface area contributed by atoms with Crippen LogP contribution in [0.4, 0.5) is 0 Å². The monoisotopic (exact) mass is 414 g/mol. The maximum Gasteiger partial charge on any atom is 0.396 e. The minimum absolute atomic E-state index is 0.698. The Kier molecular flexibility index (Phi) is 5.57. The molecule has 0 aliphatic rings. The van der Waals surface area contributed by atoms with Gasteiger partial charge < -0.3 is 13.7 Å². The van der Waals surface area contributed by atoms with E-state index in [2.05, 4.69) is 0 Å². The third-order valence-electron chi connectivity index (χ3n) is 4.96. The molecular weight excluding hydrogens is 392 g/mol. The van der Waals surface area contributed by atoms with E-state index in [1.807, 2.05) is 121 Å². The second kappa shape index (κ2) is 8.28. The van der Waals surface area contributed by atoms with Gasteiger partial charge in [-0.3, -0.25) is 0 Å². The Morgan fingerprint density at radius 2 is 0.586 bits per heavy atom. The molecule has 0 fully saturated rings. The van der Waals surface area contributed by atoms with Gasteiger partial charge in [-0.2, -0.15) is 0 Å². The van der Waals surface area contributed by atoms with Crippen molar-refractivity contribution in [3.05, 3.63) is 121 Å². The van der Waals surface area contributed by atoms with E-state index in [0.717, 1.165) is 0 Å². The molecule has 0 spiro atoms. The summed E-state index contributed by atoms with van der Waals surface area (Å²) in [6.45, 7) is 0. The molecule has 29 heavy (non-hydrogen) atoms. The van der Waals surface area contributed by atoms with Crippen LogP contribution in [0.2, 0.25) is 0 Å². The lowest BCUT2D eigenvalue weighted by Crippen LogP contribution is -2.73. The Bertz CT molecular complexity index is 876. The third kappa shape index (κ3) is 3.87. The van der Waals surface area contributed by atoms with Gasteiger partial charge in [0.1, 0.15) is 0 Å². The van der Waals surface area contributed by atoms with Crippen molar-refractivity contribution in [2.75, 3.05) is 0 Å². The molecule has 3 nitrogen and oxygen atoms in total. The molecule has 0 aliphatic heterocycles. The Balaban J connectivity index is 1.91. The zero-order chi connectivity index (χ0) is 20.2. The summed E-state index contributed by atoms with van der Waals surface area (Å²) >= 11 is 0. The minimum Gasteiger partial charge on any atom is -0.404 e. The zero-order valence-electron chi connectivity index (χ0n) is 15.8. The predicted octanol–water partition coefficient (Wildman–Crippen LogP) is 1.50. The first-order valence-electron chi connectivity index (χ1n) is 9.50. The van der Waals surface area contributed by atoms with E-state index in [1.54, 1.807) is 0 Å². The first-order valence-corrected chi connectivity index (χ1v) is 13.2. The van der Waals surface area contributed by atoms with Crippen molar-refractivity contribution in [2.24, 2.45) is 0 Å². The standard InChI is InChI=1S/C24H22O3Si2/c25-28(21-13-5-1-6-14-21,22-15-7-2-8-16-22)27-29(26,23-17-9-3-10-18-23)24-19-11-4-12-20-24/h1-20,25-26H. The van der Waals surface area contributed by atoms with Gasteiger partial charge in [0.25, 0.3) is 0 Å². The summed E-state index contributed by atoms with van der Waals surface area (Å²) in [5.41, 5.74) is 0. The SMILES string of the molecule is O[Si](O[Si](O)(c1ccccc1)c1ccccc1)(c1ccccc1)c1ccccc1. The molecule has 0 radical (unpaired) electrons. The largest absolute Gasteiger partial charge is 0.404 e. The van der Waals surface area contributed by atoms with Crippen LogP contribution in [0.1, 0.15) is 0 Å². The molecule has 0 saturated carbocycles. The smallest absolute Gasteiger partial charge is 0.396 e. The highest BCUT2D eigenvalue weighted by atomic mass is 28.5. The quantitative estimate of drug-likeness (QED) is 0.470. The van der Waals surface area contributed by atoms with E-state index in [9.17, 15) is 9.59 Å². The van der Waals surface area contributed by atoms with Crippen LogP contribution in [0.15, 0.2) is 121 Å². The molecule has 2 N–H and O–H groups in total. The lowest BCUT2D eigenvalue weighted by molar-refractivity contribution is 0.346. The van der Waals surface area contributed by atoms with Crippen molar-refractivity contribution >= 4 is 37.9 Å². The second-order valence-electron chi connectivity index (χ2n) is 6.85. The Morgan fingerprint density at radius 3 is 0.793 bits per heavy atom. The van der Waals surface area contributed by atoms with Crippen molar-refractivity contribution in [1.29, 1.82) is 0 Å². The summed E-state index contributed by atoms with van der Waals surface area (Å²) in [6, 6.07) is 37.6. The normalized spacial score (nSPS) is 11.9. The van der Waals surface area contributed by atoms with Gasteiger partial charge in [-0.15, -0.1) is 0 Å². The summed E-state index contributed by atoms with van der Waals surface area (Å²) in [5, 5.41) is 2.79. The fourth-order valence-corrected chi connectivity index (χ4v) is 10.3. The second-order valence-corrected chi connectivity index (χ2v) is 12.6. The highest BCUT2D eigenvalue weighted by Crippen LogP contribution is 2.13. The van der Waals surface area contributed by atoms with E-state index >= 15 is 0 Å². The first-order chi connectivity index (χ1) is 14.1. The number of benzene rings is 4. The Hall–Kier alpha value is -2.81. The third-order valence-corrected chi connectivity index (χ3v) is 11.8. The highest BCUT2D eigenvalue weighted by Gasteiger charge is 2.50. The summed E-state index contributed by atoms with van der Waals surface area (Å²) in [7, 11) is -7.38. The topological polar surface area (TPSA) is 49.7 Å². The molecule has 4 aromatic rings. The van der Waals surface area contributed by atoms with E-state index < -0.39 is 17.1 Å². The molecule has 4 aromatic carbocycles. The fraction of sp³-hybridized carbons (Fsp3) is 0. The van der Waals surface area contributed by atoms with E-state index in [-0.39, 0.29) is 0 Å². The molecule has 0 aliphatic carbocycles. The average molecular weight is 415 g/mol. The van der Waals surface area contributed by atoms with Crippen molar-refractivity contribution in [3.63, 3.8) is 0 Å². The summed E-state index contributed by atoms with van der Waals surface area (Å²) in [5.74, 6) is 0. The van der Waals surface area contributed by atoms with Gasteiger partial charge in [-0.25, -0.2) is 0 Å². The van der Waals surface area contributed by atoms with Crippen LogP contribution < -0.4 is 20.7 Å². The van der Waals surface area contributed by atoms with Crippen molar-refractivity contribution in [2.45, 2.75) is 0 Å². The van der Waals surface area contributed by atoms with Crippen molar-refractivity contribution < 1.29 is 13.7 Å². The van der Waals surface area contributed by atoms with E-state index in [0.29, 0.717) is 20.7 Å². The minimum atomic E-state index is -3.69. The first kappa shape index (κ1) is 19.5. The lowest BCUT2D eigenvalue weighted by Gasteiger charge is -2.35. The van der Waals surface area contributed by atoms with Gasteiger partial charge in [0, 0.05) is 0 Å². The van der Waals surface area contributed by atoms with Gasteiger partial charge >= 0.3 is 17.1 Å². The Labute approximate surface area is 173 Å². The molecule has 0 bridgehead atoms. The summed E-state index contributed by atoms with van der Waals surface area (Å²) in [4.78, 5) is 24.0. The van der Waals surface area contributed by atoms with Crippen LogP contribution in [-0.2, 0) is 4.12 Å². The lowest BCUT2D eigenvalue weighted by atomic mass is 10.4. The number of rotatable bonds is 6. The molecule has 0 saturated heterocycles. The maximum absolute atomic E-state index is 12.0. The van der Waals surface area contributed by atoms with Crippen LogP contribution in [0, 0.1) is 0 Å². The van der Waals surface area contributed by atoms with Gasteiger partial charge in [-0.1, -0.05) is 121 Å². The number of hydrogen-bond acceptors (Lipinski definition) is 3. The molecule has 4 rings (SSSR count). The molecule has 5 heteroatoms. The molecule has 0 unspecified atom stereocenters. The average Bonchev–Trinajstić information content (AvgIpc) is 2.81. The van der Waals surface area contributed by atoms with Gasteiger partial charge in [0.15, 0.2) is 0 Å². The Morgan fingerprint density at radius 1 is 0.379 bits per heavy atom. The van der Waals surface area contributed by atoms with Crippen LogP contribution in [0.5, 0.6) is 0 Å². The molecule has 0 heterocycles. The summed E-state index contributed by atoms with van der Waals surface area (Å²) < 4.78 is 6.56. The number of hydrogen-bond donors (Lipinski definition) is 2. The van der Waals surface area contributed by atoms with Gasteiger partial charge in [0.2, 0.25) is 0 Å². The molecular formula is C24H22O3Si2. The molecule has 0 amide bonds. The summed E-state index contributed by atoms with van der Waals surface area (Å²) in [6.07, 6.45) is 0. The predicted molar refractivity (Wildman–Crippen MR) is 121 cm³/mol.